The van der Waals surface area contributed by atoms with E-state index in [4.69, 9.17) is 0 Å². The van der Waals surface area contributed by atoms with Crippen molar-refractivity contribution in [2.24, 2.45) is 0 Å². The van der Waals surface area contributed by atoms with E-state index in [-0.39, 0.29) is 30.0 Å². The van der Waals surface area contributed by atoms with E-state index in [1.807, 2.05) is 54.6 Å². The van der Waals surface area contributed by atoms with Crippen LogP contribution in [-0.4, -0.2) is 57.0 Å². The van der Waals surface area contributed by atoms with Gasteiger partial charge in [-0.15, -0.1) is 10.2 Å². The maximum absolute atomic E-state index is 13.1. The van der Waals surface area contributed by atoms with Gasteiger partial charge in [-0.2, -0.15) is 4.80 Å². The number of nitrogens with zero attached hydrogens (tertiary/aromatic N) is 5. The number of sulfone groups is 1. The molecule has 1 aromatic heterocycles. The highest BCUT2D eigenvalue weighted by Gasteiger charge is 2.35. The number of hydrogen-bond acceptors (Lipinski definition) is 6. The Bertz CT molecular complexity index is 1130. The number of benzene rings is 2. The van der Waals surface area contributed by atoms with Crippen molar-refractivity contribution in [2.45, 2.75) is 25.6 Å². The molecule has 0 aliphatic carbocycles. The lowest BCUT2D eigenvalue weighted by molar-refractivity contribution is -0.134. The van der Waals surface area contributed by atoms with Gasteiger partial charge in [-0.05, 0) is 41.5 Å². The number of halogens is 1. The predicted molar refractivity (Wildman–Crippen MR) is 115 cm³/mol. The van der Waals surface area contributed by atoms with Gasteiger partial charge in [0.1, 0.15) is 6.54 Å². The molecule has 10 heteroatoms. The number of carbonyl (C=O) groups excluding carboxylic acids is 1. The van der Waals surface area contributed by atoms with Crippen LogP contribution in [0.2, 0.25) is 0 Å². The molecule has 0 spiro atoms. The fourth-order valence-electron chi connectivity index (χ4n) is 3.46. The van der Waals surface area contributed by atoms with Crippen molar-refractivity contribution < 1.29 is 13.2 Å². The smallest absolute Gasteiger partial charge is 0.246 e. The van der Waals surface area contributed by atoms with Crippen LogP contribution >= 0.6 is 15.9 Å². The minimum Gasteiger partial charge on any atom is -0.333 e. The Hall–Kier alpha value is -2.59. The number of aromatic nitrogens is 4. The van der Waals surface area contributed by atoms with Gasteiger partial charge in [0.2, 0.25) is 11.7 Å². The summed E-state index contributed by atoms with van der Waals surface area (Å²) in [5, 5.41) is 12.3. The Morgan fingerprint density at radius 2 is 1.87 bits per heavy atom. The highest BCUT2D eigenvalue weighted by atomic mass is 79.9. The predicted octanol–water partition coefficient (Wildman–Crippen LogP) is 2.32. The van der Waals surface area contributed by atoms with E-state index < -0.39 is 9.84 Å². The Kier molecular flexibility index (Phi) is 5.96. The molecule has 1 aliphatic rings. The van der Waals surface area contributed by atoms with Crippen LogP contribution in [-0.2, 0) is 27.7 Å². The second-order valence-electron chi connectivity index (χ2n) is 7.21. The van der Waals surface area contributed by atoms with Gasteiger partial charge in [0.15, 0.2) is 9.84 Å². The summed E-state index contributed by atoms with van der Waals surface area (Å²) in [6.45, 7) is 0.237. The lowest BCUT2D eigenvalue weighted by atomic mass is 10.1. The minimum absolute atomic E-state index is 0.0134. The highest BCUT2D eigenvalue weighted by molar-refractivity contribution is 9.10. The number of amides is 1. The topological polar surface area (TPSA) is 98.1 Å². The minimum atomic E-state index is -3.12. The molecule has 0 radical (unpaired) electrons. The number of hydrogen-bond donors (Lipinski definition) is 0. The van der Waals surface area contributed by atoms with Gasteiger partial charge in [-0.1, -0.05) is 46.3 Å². The van der Waals surface area contributed by atoms with Crippen LogP contribution in [0.1, 0.15) is 12.0 Å². The zero-order valence-corrected chi connectivity index (χ0v) is 18.5. The van der Waals surface area contributed by atoms with Crippen molar-refractivity contribution in [1.29, 1.82) is 0 Å². The van der Waals surface area contributed by atoms with E-state index in [1.54, 1.807) is 4.90 Å². The van der Waals surface area contributed by atoms with Gasteiger partial charge in [-0.3, -0.25) is 4.79 Å². The first kappa shape index (κ1) is 20.7. The van der Waals surface area contributed by atoms with Crippen molar-refractivity contribution in [3.05, 3.63) is 64.6 Å². The molecular formula is C20H20BrN5O3S. The molecule has 2 aromatic carbocycles. The molecule has 2 heterocycles. The van der Waals surface area contributed by atoms with Gasteiger partial charge < -0.3 is 4.90 Å². The summed E-state index contributed by atoms with van der Waals surface area (Å²) in [4.78, 5) is 16.0. The summed E-state index contributed by atoms with van der Waals surface area (Å²) >= 11 is 3.38. The van der Waals surface area contributed by atoms with Gasteiger partial charge in [0.05, 0.1) is 11.5 Å². The second-order valence-corrected chi connectivity index (χ2v) is 10.4. The molecular weight excluding hydrogens is 470 g/mol. The molecule has 0 N–H and O–H groups in total. The van der Waals surface area contributed by atoms with Crippen molar-refractivity contribution >= 4 is 31.7 Å². The first-order chi connectivity index (χ1) is 14.4. The van der Waals surface area contributed by atoms with E-state index in [0.29, 0.717) is 18.8 Å². The molecule has 4 rings (SSSR count). The molecule has 1 amide bonds. The van der Waals surface area contributed by atoms with Crippen LogP contribution < -0.4 is 0 Å². The molecule has 0 unspecified atom stereocenters. The van der Waals surface area contributed by atoms with E-state index in [2.05, 4.69) is 31.3 Å². The molecule has 3 aromatic rings. The van der Waals surface area contributed by atoms with Gasteiger partial charge in [0.25, 0.3) is 0 Å². The Balaban J connectivity index is 1.52. The molecule has 0 saturated carbocycles. The SMILES string of the molecule is O=C(Cn1nnc(-c2ccc(Br)cc2)n1)N(Cc1ccccc1)[C@H]1CCS(=O)(=O)C1. The zero-order valence-electron chi connectivity index (χ0n) is 16.1. The van der Waals surface area contributed by atoms with Gasteiger partial charge in [0, 0.05) is 22.6 Å². The van der Waals surface area contributed by atoms with Crippen LogP contribution in [0.4, 0.5) is 0 Å². The number of rotatable bonds is 6. The Labute approximate surface area is 182 Å². The first-order valence-electron chi connectivity index (χ1n) is 9.47. The van der Waals surface area contributed by atoms with Crippen LogP contribution in [0.25, 0.3) is 11.4 Å². The third kappa shape index (κ3) is 4.93. The van der Waals surface area contributed by atoms with Gasteiger partial charge >= 0.3 is 0 Å². The van der Waals surface area contributed by atoms with Crippen molar-refractivity contribution in [2.75, 3.05) is 11.5 Å². The fourth-order valence-corrected chi connectivity index (χ4v) is 5.45. The quantitative estimate of drug-likeness (QED) is 0.526. The van der Waals surface area contributed by atoms with Crippen LogP contribution in [0.3, 0.4) is 0 Å². The first-order valence-corrected chi connectivity index (χ1v) is 12.1. The summed E-state index contributed by atoms with van der Waals surface area (Å²) in [6, 6.07) is 16.7. The van der Waals surface area contributed by atoms with E-state index in [1.165, 1.54) is 4.80 Å². The molecule has 0 bridgehead atoms. The van der Waals surface area contributed by atoms with Crippen molar-refractivity contribution in [1.82, 2.24) is 25.1 Å². The summed E-state index contributed by atoms with van der Waals surface area (Å²) < 4.78 is 24.9. The molecule has 1 atom stereocenters. The normalized spacial score (nSPS) is 17.7. The molecule has 8 nitrogen and oxygen atoms in total. The Morgan fingerprint density at radius 1 is 1.13 bits per heavy atom. The molecule has 1 aliphatic heterocycles. The summed E-state index contributed by atoms with van der Waals surface area (Å²) in [7, 11) is -3.12. The van der Waals surface area contributed by atoms with Gasteiger partial charge in [-0.25, -0.2) is 8.42 Å². The van der Waals surface area contributed by atoms with Crippen molar-refractivity contribution in [3.63, 3.8) is 0 Å². The standard InChI is InChI=1S/C20H20BrN5O3S/c21-17-8-6-16(7-9-17)20-22-24-26(23-20)13-19(27)25(12-15-4-2-1-3-5-15)18-10-11-30(28,29)14-18/h1-9,18H,10-14H2/t18-/m0/s1. The van der Waals surface area contributed by atoms with Crippen LogP contribution in [0.15, 0.2) is 59.1 Å². The summed E-state index contributed by atoms with van der Waals surface area (Å²) in [5.41, 5.74) is 1.73. The molecule has 30 heavy (non-hydrogen) atoms. The third-order valence-corrected chi connectivity index (χ3v) is 7.28. The van der Waals surface area contributed by atoms with Crippen LogP contribution in [0, 0.1) is 0 Å². The average Bonchev–Trinajstić information content (AvgIpc) is 3.33. The lowest BCUT2D eigenvalue weighted by Gasteiger charge is -2.28. The average molecular weight is 490 g/mol. The lowest BCUT2D eigenvalue weighted by Crippen LogP contribution is -2.42. The molecule has 1 saturated heterocycles. The second kappa shape index (κ2) is 8.65. The van der Waals surface area contributed by atoms with Crippen molar-refractivity contribution in [3.8, 4) is 11.4 Å². The zero-order chi connectivity index (χ0) is 21.1. The Morgan fingerprint density at radius 3 is 2.53 bits per heavy atom. The highest BCUT2D eigenvalue weighted by Crippen LogP contribution is 2.21. The van der Waals surface area contributed by atoms with E-state index >= 15 is 0 Å². The third-order valence-electron chi connectivity index (χ3n) is 5.00. The number of tetrazole rings is 1. The fraction of sp³-hybridized carbons (Fsp3) is 0.300. The van der Waals surface area contributed by atoms with E-state index in [9.17, 15) is 13.2 Å². The monoisotopic (exact) mass is 489 g/mol. The van der Waals surface area contributed by atoms with Crippen LogP contribution in [0.5, 0.6) is 0 Å². The number of carbonyl (C=O) groups is 1. The molecule has 1 fully saturated rings. The summed E-state index contributed by atoms with van der Waals surface area (Å²) in [6.07, 6.45) is 0.440. The van der Waals surface area contributed by atoms with E-state index in [0.717, 1.165) is 15.6 Å². The summed E-state index contributed by atoms with van der Waals surface area (Å²) in [5.74, 6) is 0.278. The largest absolute Gasteiger partial charge is 0.333 e. The maximum atomic E-state index is 13.1. The maximum Gasteiger partial charge on any atom is 0.246 e. The molecule has 156 valence electrons.